The van der Waals surface area contributed by atoms with Crippen molar-refractivity contribution in [1.82, 2.24) is 0 Å². The summed E-state index contributed by atoms with van der Waals surface area (Å²) in [6.07, 6.45) is 1.48. The van der Waals surface area contributed by atoms with Crippen LogP contribution in [0.4, 0.5) is 4.39 Å². The molecule has 0 aliphatic heterocycles. The lowest BCUT2D eigenvalue weighted by atomic mass is 9.96. The minimum Gasteiger partial charge on any atom is -0.461 e. The zero-order valence-corrected chi connectivity index (χ0v) is 10.0. The zero-order chi connectivity index (χ0) is 12.6. The van der Waals surface area contributed by atoms with Crippen molar-refractivity contribution in [3.05, 3.63) is 58.3 Å². The third-order valence-corrected chi connectivity index (χ3v) is 2.79. The van der Waals surface area contributed by atoms with Crippen LogP contribution in [0.5, 0.6) is 0 Å². The molecule has 0 spiro atoms. The van der Waals surface area contributed by atoms with Gasteiger partial charge in [-0.1, -0.05) is 0 Å². The molecule has 2 rings (SSSR count). The summed E-state index contributed by atoms with van der Waals surface area (Å²) in [5.74, 6) is -0.196. The number of halogens is 1. The molecule has 1 aromatic carbocycles. The highest BCUT2D eigenvalue weighted by molar-refractivity contribution is 6.09. The molecule has 0 fully saturated rings. The van der Waals surface area contributed by atoms with Crippen LogP contribution in [0.3, 0.4) is 0 Å². The molecule has 2 aromatic rings. The van der Waals surface area contributed by atoms with Gasteiger partial charge >= 0.3 is 0 Å². The van der Waals surface area contributed by atoms with E-state index in [9.17, 15) is 9.18 Å². The molecule has 0 saturated carbocycles. The maximum Gasteiger partial charge on any atom is 0.228 e. The topological polar surface area (TPSA) is 30.2 Å². The first kappa shape index (κ1) is 11.6. The molecule has 0 radical (unpaired) electrons. The summed E-state index contributed by atoms with van der Waals surface area (Å²) in [5, 5.41) is 0. The number of hydrogen-bond donors (Lipinski definition) is 0. The summed E-state index contributed by atoms with van der Waals surface area (Å²) in [4.78, 5) is 12.3. The number of hydrogen-bond acceptors (Lipinski definition) is 2. The highest BCUT2D eigenvalue weighted by atomic mass is 19.1. The molecule has 0 unspecified atom stereocenters. The number of benzene rings is 1. The van der Waals surface area contributed by atoms with Crippen molar-refractivity contribution < 1.29 is 13.6 Å². The summed E-state index contributed by atoms with van der Waals surface area (Å²) >= 11 is 0. The van der Waals surface area contributed by atoms with Crippen LogP contribution >= 0.6 is 0 Å². The van der Waals surface area contributed by atoms with Crippen LogP contribution in [0.2, 0.25) is 0 Å². The third-order valence-electron chi connectivity index (χ3n) is 2.79. The molecule has 0 N–H and O–H groups in total. The van der Waals surface area contributed by atoms with Gasteiger partial charge in [0.25, 0.3) is 0 Å². The maximum atomic E-state index is 13.2. The highest BCUT2D eigenvalue weighted by Gasteiger charge is 2.19. The quantitative estimate of drug-likeness (QED) is 0.741. The smallest absolute Gasteiger partial charge is 0.228 e. The van der Waals surface area contributed by atoms with E-state index < -0.39 is 0 Å². The van der Waals surface area contributed by atoms with E-state index in [0.717, 1.165) is 5.56 Å². The van der Waals surface area contributed by atoms with Gasteiger partial charge in [-0.15, -0.1) is 0 Å². The molecule has 0 atom stereocenters. The summed E-state index contributed by atoms with van der Waals surface area (Å²) in [7, 11) is 0. The Hall–Kier alpha value is -1.90. The highest BCUT2D eigenvalue weighted by Crippen LogP contribution is 2.21. The second-order valence-electron chi connectivity index (χ2n) is 4.18. The molecule has 0 aliphatic carbocycles. The molecule has 3 heteroatoms. The van der Waals surface area contributed by atoms with Crippen LogP contribution in [0, 0.1) is 26.6 Å². The van der Waals surface area contributed by atoms with Gasteiger partial charge in [0.15, 0.2) is 5.76 Å². The molecule has 2 nitrogen and oxygen atoms in total. The average molecular weight is 232 g/mol. The van der Waals surface area contributed by atoms with Gasteiger partial charge in [0, 0.05) is 5.56 Å². The molecule has 1 aromatic heterocycles. The van der Waals surface area contributed by atoms with Crippen LogP contribution in [0.25, 0.3) is 0 Å². The lowest BCUT2D eigenvalue weighted by Gasteiger charge is -2.08. The second kappa shape index (κ2) is 4.17. The molecule has 88 valence electrons. The van der Waals surface area contributed by atoms with Gasteiger partial charge < -0.3 is 4.42 Å². The fourth-order valence-corrected chi connectivity index (χ4v) is 1.99. The van der Waals surface area contributed by atoms with Crippen LogP contribution in [-0.4, -0.2) is 5.78 Å². The summed E-state index contributed by atoms with van der Waals surface area (Å²) in [5.41, 5.74) is 2.56. The number of carbonyl (C=O) groups excluding carboxylic acids is 1. The van der Waals surface area contributed by atoms with Gasteiger partial charge in [0.1, 0.15) is 5.82 Å². The van der Waals surface area contributed by atoms with E-state index >= 15 is 0 Å². The summed E-state index contributed by atoms with van der Waals surface area (Å²) in [6, 6.07) is 4.46. The number of aryl methyl sites for hydroxylation is 3. The Labute approximate surface area is 99.1 Å². The molecule has 0 saturated heterocycles. The Morgan fingerprint density at radius 3 is 2.18 bits per heavy atom. The normalized spacial score (nSPS) is 10.6. The predicted molar refractivity (Wildman–Crippen MR) is 62.8 cm³/mol. The van der Waals surface area contributed by atoms with Crippen molar-refractivity contribution in [1.29, 1.82) is 0 Å². The van der Waals surface area contributed by atoms with E-state index in [2.05, 4.69) is 0 Å². The van der Waals surface area contributed by atoms with E-state index in [1.54, 1.807) is 19.9 Å². The standard InChI is InChI=1S/C14H13FO2/c1-8-4-5-17-14(8)13(16)12-9(2)6-11(15)7-10(12)3/h4-7H,1-3H3. The first-order chi connectivity index (χ1) is 8.00. The number of ketones is 1. The van der Waals surface area contributed by atoms with Crippen LogP contribution in [0.1, 0.15) is 32.8 Å². The van der Waals surface area contributed by atoms with Crippen LogP contribution in [0.15, 0.2) is 28.9 Å². The first-order valence-electron chi connectivity index (χ1n) is 5.36. The Morgan fingerprint density at radius 2 is 1.71 bits per heavy atom. The van der Waals surface area contributed by atoms with Crippen molar-refractivity contribution >= 4 is 5.78 Å². The van der Waals surface area contributed by atoms with Gasteiger partial charge in [-0.2, -0.15) is 0 Å². The number of rotatable bonds is 2. The van der Waals surface area contributed by atoms with Crippen molar-refractivity contribution in [2.24, 2.45) is 0 Å². The molecule has 0 bridgehead atoms. The van der Waals surface area contributed by atoms with E-state index in [1.165, 1.54) is 18.4 Å². The van der Waals surface area contributed by atoms with Gasteiger partial charge in [0.2, 0.25) is 5.78 Å². The fourth-order valence-electron chi connectivity index (χ4n) is 1.99. The number of furan rings is 1. The Bertz CT molecular complexity index is 559. The lowest BCUT2D eigenvalue weighted by molar-refractivity contribution is 0.101. The minimum absolute atomic E-state index is 0.192. The maximum absolute atomic E-state index is 13.2. The summed E-state index contributed by atoms with van der Waals surface area (Å²) < 4.78 is 18.3. The van der Waals surface area contributed by atoms with E-state index in [0.29, 0.717) is 22.5 Å². The van der Waals surface area contributed by atoms with Gasteiger partial charge in [-0.3, -0.25) is 4.79 Å². The monoisotopic (exact) mass is 232 g/mol. The SMILES string of the molecule is Cc1ccoc1C(=O)c1c(C)cc(F)cc1C. The average Bonchev–Trinajstić information content (AvgIpc) is 2.62. The molecular formula is C14H13FO2. The summed E-state index contributed by atoms with van der Waals surface area (Å²) in [6.45, 7) is 5.26. The fraction of sp³-hybridized carbons (Fsp3) is 0.214. The van der Waals surface area contributed by atoms with Gasteiger partial charge in [-0.05, 0) is 55.7 Å². The van der Waals surface area contributed by atoms with Crippen LogP contribution < -0.4 is 0 Å². The number of carbonyl (C=O) groups is 1. The third kappa shape index (κ3) is 2.00. The lowest BCUT2D eigenvalue weighted by Crippen LogP contribution is -2.07. The van der Waals surface area contributed by atoms with E-state index in [1.807, 2.05) is 6.92 Å². The molecular weight excluding hydrogens is 219 g/mol. The predicted octanol–water partition coefficient (Wildman–Crippen LogP) is 3.57. The van der Waals surface area contributed by atoms with E-state index in [-0.39, 0.29) is 11.6 Å². The Kier molecular flexibility index (Phi) is 2.84. The Balaban J connectivity index is 2.56. The van der Waals surface area contributed by atoms with Crippen LogP contribution in [-0.2, 0) is 0 Å². The second-order valence-corrected chi connectivity index (χ2v) is 4.18. The van der Waals surface area contributed by atoms with Gasteiger partial charge in [-0.25, -0.2) is 4.39 Å². The van der Waals surface area contributed by atoms with Crippen molar-refractivity contribution in [2.45, 2.75) is 20.8 Å². The molecule has 0 aliphatic rings. The van der Waals surface area contributed by atoms with E-state index in [4.69, 9.17) is 4.42 Å². The minimum atomic E-state index is -0.326. The first-order valence-corrected chi connectivity index (χ1v) is 5.36. The molecule has 1 heterocycles. The zero-order valence-electron chi connectivity index (χ0n) is 10.0. The van der Waals surface area contributed by atoms with Crippen molar-refractivity contribution in [3.8, 4) is 0 Å². The van der Waals surface area contributed by atoms with Crippen molar-refractivity contribution in [3.63, 3.8) is 0 Å². The molecule has 0 amide bonds. The molecule has 17 heavy (non-hydrogen) atoms. The Morgan fingerprint density at radius 1 is 1.12 bits per heavy atom. The largest absolute Gasteiger partial charge is 0.461 e. The van der Waals surface area contributed by atoms with Gasteiger partial charge in [0.05, 0.1) is 6.26 Å². The van der Waals surface area contributed by atoms with Crippen molar-refractivity contribution in [2.75, 3.05) is 0 Å².